The van der Waals surface area contributed by atoms with Gasteiger partial charge in [-0.3, -0.25) is 0 Å². The molecule has 6 nitrogen and oxygen atoms in total. The minimum absolute atomic E-state index is 0.0435. The Bertz CT molecular complexity index is 531. The van der Waals surface area contributed by atoms with E-state index in [2.05, 4.69) is 28.2 Å². The van der Waals surface area contributed by atoms with Crippen LogP contribution in [-0.4, -0.2) is 54.8 Å². The van der Waals surface area contributed by atoms with Gasteiger partial charge in [-0.2, -0.15) is 0 Å². The Balaban J connectivity index is 1.56. The Morgan fingerprint density at radius 1 is 1.35 bits per heavy atom. The van der Waals surface area contributed by atoms with Crippen LogP contribution in [0.1, 0.15) is 31.7 Å². The molecule has 2 saturated heterocycles. The van der Waals surface area contributed by atoms with Crippen LogP contribution in [0.25, 0.3) is 0 Å². The topological polar surface area (TPSA) is 57.7 Å². The van der Waals surface area contributed by atoms with Crippen molar-refractivity contribution >= 4 is 11.8 Å². The molecule has 0 aromatic carbocycles. The van der Waals surface area contributed by atoms with Gasteiger partial charge in [-0.05, 0) is 43.9 Å². The number of likely N-dealkylation sites (tertiary alicyclic amines) is 1. The molecule has 23 heavy (non-hydrogen) atoms. The van der Waals surface area contributed by atoms with Gasteiger partial charge in [0.05, 0.1) is 13.2 Å². The highest BCUT2D eigenvalue weighted by Gasteiger charge is 2.22. The number of hydrogen-bond acceptors (Lipinski definition) is 4. The highest BCUT2D eigenvalue weighted by atomic mass is 16.5. The molecular weight excluding hydrogens is 292 g/mol. The molecule has 0 spiro atoms. The third kappa shape index (κ3) is 4.13. The van der Waals surface area contributed by atoms with E-state index in [1.54, 1.807) is 0 Å². The summed E-state index contributed by atoms with van der Waals surface area (Å²) in [5.74, 6) is 0.964. The summed E-state index contributed by atoms with van der Waals surface area (Å²) < 4.78 is 5.38. The van der Waals surface area contributed by atoms with Crippen LogP contribution >= 0.6 is 0 Å². The number of aromatic nitrogens is 1. The number of ether oxygens (including phenoxy) is 1. The van der Waals surface area contributed by atoms with Crippen LogP contribution in [-0.2, 0) is 11.3 Å². The molecule has 0 aliphatic carbocycles. The first-order chi connectivity index (χ1) is 11.2. The van der Waals surface area contributed by atoms with Gasteiger partial charge in [0.1, 0.15) is 5.82 Å². The lowest BCUT2D eigenvalue weighted by atomic mass is 10.0. The summed E-state index contributed by atoms with van der Waals surface area (Å²) in [6.45, 7) is 6.76. The second-order valence-electron chi connectivity index (χ2n) is 6.32. The van der Waals surface area contributed by atoms with Gasteiger partial charge < -0.3 is 19.9 Å². The summed E-state index contributed by atoms with van der Waals surface area (Å²) >= 11 is 0. The molecular formula is C17H26N4O2. The predicted octanol–water partition coefficient (Wildman–Crippen LogP) is 2.00. The van der Waals surface area contributed by atoms with Gasteiger partial charge in [-0.15, -0.1) is 0 Å². The van der Waals surface area contributed by atoms with Crippen LogP contribution in [0, 0.1) is 0 Å². The lowest BCUT2D eigenvalue weighted by molar-refractivity contribution is 0.122. The van der Waals surface area contributed by atoms with Gasteiger partial charge in [0.15, 0.2) is 0 Å². The quantitative estimate of drug-likeness (QED) is 0.926. The molecule has 0 bridgehead atoms. The number of carbonyl (C=O) groups excluding carboxylic acids is 1. The number of hydrogen-bond donors (Lipinski definition) is 1. The van der Waals surface area contributed by atoms with Gasteiger partial charge in [-0.1, -0.05) is 0 Å². The van der Waals surface area contributed by atoms with Gasteiger partial charge >= 0.3 is 6.03 Å². The van der Waals surface area contributed by atoms with Gasteiger partial charge in [0.2, 0.25) is 0 Å². The molecule has 0 unspecified atom stereocenters. The third-order valence-corrected chi connectivity index (χ3v) is 4.65. The monoisotopic (exact) mass is 318 g/mol. The highest BCUT2D eigenvalue weighted by Crippen LogP contribution is 2.17. The smallest absolute Gasteiger partial charge is 0.317 e. The van der Waals surface area contributed by atoms with Gasteiger partial charge in [-0.25, -0.2) is 9.78 Å². The second kappa shape index (κ2) is 7.64. The minimum Gasteiger partial charge on any atom is -0.378 e. The van der Waals surface area contributed by atoms with Crippen LogP contribution < -0.4 is 10.2 Å². The summed E-state index contributed by atoms with van der Waals surface area (Å²) in [4.78, 5) is 21.0. The fourth-order valence-electron chi connectivity index (χ4n) is 3.21. The lowest BCUT2D eigenvalue weighted by Gasteiger charge is -2.33. The number of carbonyl (C=O) groups is 1. The number of rotatable bonds is 3. The van der Waals surface area contributed by atoms with Crippen LogP contribution in [0.5, 0.6) is 0 Å². The van der Waals surface area contributed by atoms with Crippen molar-refractivity contribution < 1.29 is 9.53 Å². The van der Waals surface area contributed by atoms with E-state index >= 15 is 0 Å². The van der Waals surface area contributed by atoms with Crippen molar-refractivity contribution in [1.29, 1.82) is 0 Å². The fraction of sp³-hybridized carbons (Fsp3) is 0.647. The zero-order chi connectivity index (χ0) is 16.1. The summed E-state index contributed by atoms with van der Waals surface area (Å²) in [6, 6.07) is 4.40. The molecule has 6 heteroatoms. The molecule has 1 N–H and O–H groups in total. The Kier molecular flexibility index (Phi) is 5.33. The van der Waals surface area contributed by atoms with Crippen molar-refractivity contribution in [3.63, 3.8) is 0 Å². The van der Waals surface area contributed by atoms with Gasteiger partial charge in [0.25, 0.3) is 0 Å². The second-order valence-corrected chi connectivity index (χ2v) is 6.32. The molecule has 0 radical (unpaired) electrons. The van der Waals surface area contributed by atoms with E-state index in [1.807, 2.05) is 17.2 Å². The van der Waals surface area contributed by atoms with E-state index in [1.165, 1.54) is 6.42 Å². The van der Waals surface area contributed by atoms with Gasteiger partial charge in [0, 0.05) is 38.4 Å². The van der Waals surface area contributed by atoms with Crippen molar-refractivity contribution in [2.75, 3.05) is 37.7 Å². The maximum absolute atomic E-state index is 12.3. The van der Waals surface area contributed by atoms with E-state index in [0.717, 1.165) is 57.1 Å². The molecule has 1 atom stereocenters. The van der Waals surface area contributed by atoms with E-state index in [0.29, 0.717) is 12.6 Å². The number of nitrogens with one attached hydrogen (secondary N) is 1. The largest absolute Gasteiger partial charge is 0.378 e. The minimum atomic E-state index is 0.0435. The van der Waals surface area contributed by atoms with Crippen LogP contribution in [0.2, 0.25) is 0 Å². The highest BCUT2D eigenvalue weighted by molar-refractivity contribution is 5.74. The molecule has 2 aliphatic rings. The van der Waals surface area contributed by atoms with Crippen molar-refractivity contribution in [2.24, 2.45) is 0 Å². The first-order valence-electron chi connectivity index (χ1n) is 8.56. The molecule has 2 aliphatic heterocycles. The Hall–Kier alpha value is -1.82. The average molecular weight is 318 g/mol. The standard InChI is InChI=1S/C17H26N4O2/c1-14-4-2-3-7-21(14)17(22)19-13-15-5-6-18-16(12-15)20-8-10-23-11-9-20/h5-6,12,14H,2-4,7-11,13H2,1H3,(H,19,22)/t14-/m0/s1. The van der Waals surface area contributed by atoms with Crippen LogP contribution in [0.3, 0.4) is 0 Å². The molecule has 1 aromatic heterocycles. The van der Waals surface area contributed by atoms with E-state index in [9.17, 15) is 4.79 Å². The zero-order valence-electron chi connectivity index (χ0n) is 13.8. The number of morpholine rings is 1. The van der Waals surface area contributed by atoms with Crippen LogP contribution in [0.4, 0.5) is 10.6 Å². The number of pyridine rings is 1. The van der Waals surface area contributed by atoms with Crippen molar-refractivity contribution in [3.8, 4) is 0 Å². The number of piperidine rings is 1. The number of amides is 2. The van der Waals surface area contributed by atoms with Crippen LogP contribution in [0.15, 0.2) is 18.3 Å². The van der Waals surface area contributed by atoms with Crippen molar-refractivity contribution in [1.82, 2.24) is 15.2 Å². The fourth-order valence-corrected chi connectivity index (χ4v) is 3.21. The third-order valence-electron chi connectivity index (χ3n) is 4.65. The van der Waals surface area contributed by atoms with E-state index in [4.69, 9.17) is 4.74 Å². The van der Waals surface area contributed by atoms with Crippen molar-refractivity contribution in [2.45, 2.75) is 38.8 Å². The summed E-state index contributed by atoms with van der Waals surface area (Å²) in [6.07, 6.45) is 5.24. The maximum Gasteiger partial charge on any atom is 0.317 e. The molecule has 2 amide bonds. The number of anilines is 1. The predicted molar refractivity (Wildman–Crippen MR) is 89.5 cm³/mol. The SMILES string of the molecule is C[C@H]1CCCCN1C(=O)NCc1ccnc(N2CCOCC2)c1. The first kappa shape index (κ1) is 16.1. The normalized spacial score (nSPS) is 22.0. The van der Waals surface area contributed by atoms with E-state index < -0.39 is 0 Å². The van der Waals surface area contributed by atoms with Crippen molar-refractivity contribution in [3.05, 3.63) is 23.9 Å². The summed E-state index contributed by atoms with van der Waals surface area (Å²) in [5, 5.41) is 3.05. The zero-order valence-corrected chi connectivity index (χ0v) is 13.8. The number of nitrogens with zero attached hydrogens (tertiary/aromatic N) is 3. The first-order valence-corrected chi connectivity index (χ1v) is 8.56. The molecule has 3 rings (SSSR count). The molecule has 1 aromatic rings. The summed E-state index contributed by atoms with van der Waals surface area (Å²) in [7, 11) is 0. The number of urea groups is 1. The maximum atomic E-state index is 12.3. The molecule has 3 heterocycles. The van der Waals surface area contributed by atoms with E-state index in [-0.39, 0.29) is 6.03 Å². The molecule has 126 valence electrons. The Morgan fingerprint density at radius 2 is 2.17 bits per heavy atom. The Morgan fingerprint density at radius 3 is 2.96 bits per heavy atom. The molecule has 0 saturated carbocycles. The Labute approximate surface area is 137 Å². The molecule has 2 fully saturated rings. The summed E-state index contributed by atoms with van der Waals surface area (Å²) in [5.41, 5.74) is 1.08. The lowest BCUT2D eigenvalue weighted by Crippen LogP contribution is -2.47. The average Bonchev–Trinajstić information content (AvgIpc) is 2.61.